The Labute approximate surface area is 111 Å². The zero-order valence-electron chi connectivity index (χ0n) is 11.0. The highest BCUT2D eigenvalue weighted by molar-refractivity contribution is 5.71. The minimum absolute atomic E-state index is 0.228. The second-order valence-electron chi connectivity index (χ2n) is 4.64. The Morgan fingerprint density at radius 1 is 1.42 bits per heavy atom. The molecule has 0 aliphatic carbocycles. The lowest BCUT2D eigenvalue weighted by Gasteiger charge is -2.30. The summed E-state index contributed by atoms with van der Waals surface area (Å²) in [5.74, 6) is 0. The van der Waals surface area contributed by atoms with Gasteiger partial charge in [0.1, 0.15) is 5.52 Å². The molecule has 1 N–H and O–H groups in total. The molecule has 0 bridgehead atoms. The van der Waals surface area contributed by atoms with Crippen LogP contribution in [-0.2, 0) is 0 Å². The summed E-state index contributed by atoms with van der Waals surface area (Å²) >= 11 is 0. The van der Waals surface area contributed by atoms with Gasteiger partial charge in [0, 0.05) is 12.6 Å². The third-order valence-electron chi connectivity index (χ3n) is 3.29. The maximum Gasteiger partial charge on any atom is 0.407 e. The van der Waals surface area contributed by atoms with E-state index in [0.717, 1.165) is 30.5 Å². The quantitative estimate of drug-likeness (QED) is 0.790. The van der Waals surface area contributed by atoms with Crippen LogP contribution in [0, 0.1) is 0 Å². The molecule has 1 atom stereocenters. The van der Waals surface area contributed by atoms with E-state index in [1.54, 1.807) is 0 Å². The summed E-state index contributed by atoms with van der Waals surface area (Å²) < 4.78 is 5.01. The minimum atomic E-state index is -0.771. The summed E-state index contributed by atoms with van der Waals surface area (Å²) in [5, 5.41) is 8.63. The van der Waals surface area contributed by atoms with Crippen LogP contribution in [0.3, 0.4) is 0 Å². The van der Waals surface area contributed by atoms with Gasteiger partial charge in [-0.25, -0.2) is 9.78 Å². The van der Waals surface area contributed by atoms with E-state index in [4.69, 9.17) is 9.52 Å². The first-order chi connectivity index (χ1) is 9.18. The Kier molecular flexibility index (Phi) is 4.39. The smallest absolute Gasteiger partial charge is 0.407 e. The summed E-state index contributed by atoms with van der Waals surface area (Å²) in [6, 6.07) is 7.89. The van der Waals surface area contributed by atoms with Crippen molar-refractivity contribution >= 4 is 17.2 Å². The van der Waals surface area contributed by atoms with Crippen molar-refractivity contribution in [3.05, 3.63) is 30.7 Å². The number of rotatable bonds is 0. The molecule has 1 fully saturated rings. The lowest BCUT2D eigenvalue weighted by Crippen LogP contribution is -2.40. The van der Waals surface area contributed by atoms with Gasteiger partial charge >= 0.3 is 6.09 Å². The number of para-hydroxylation sites is 2. The predicted octanol–water partition coefficient (Wildman–Crippen LogP) is 3.37. The van der Waals surface area contributed by atoms with Gasteiger partial charge in [-0.05, 0) is 38.3 Å². The molecule has 2 aromatic rings. The van der Waals surface area contributed by atoms with Gasteiger partial charge in [-0.3, -0.25) is 0 Å². The molecule has 2 heterocycles. The van der Waals surface area contributed by atoms with E-state index in [0.29, 0.717) is 0 Å². The lowest BCUT2D eigenvalue weighted by molar-refractivity contribution is 0.112. The van der Waals surface area contributed by atoms with Crippen molar-refractivity contribution in [2.45, 2.75) is 32.2 Å². The first kappa shape index (κ1) is 13.4. The van der Waals surface area contributed by atoms with Crippen LogP contribution >= 0.6 is 0 Å². The number of fused-ring (bicyclic) bond motifs is 1. The maximum absolute atomic E-state index is 10.5. The van der Waals surface area contributed by atoms with Gasteiger partial charge in [0.05, 0.1) is 0 Å². The minimum Gasteiger partial charge on any atom is -0.465 e. The van der Waals surface area contributed by atoms with Crippen molar-refractivity contribution in [1.29, 1.82) is 0 Å². The molecule has 102 valence electrons. The molecule has 1 unspecified atom stereocenters. The topological polar surface area (TPSA) is 66.6 Å². The van der Waals surface area contributed by atoms with E-state index >= 15 is 0 Å². The molecule has 0 spiro atoms. The molecule has 1 amide bonds. The number of nitrogens with zero attached hydrogens (tertiary/aromatic N) is 2. The molecule has 3 rings (SSSR count). The Morgan fingerprint density at radius 3 is 2.84 bits per heavy atom. The normalized spacial score (nSPS) is 18.8. The maximum atomic E-state index is 10.5. The van der Waals surface area contributed by atoms with Gasteiger partial charge < -0.3 is 14.4 Å². The Balaban J connectivity index is 0.000000141. The highest BCUT2D eigenvalue weighted by Crippen LogP contribution is 2.15. The molecule has 0 saturated carbocycles. The fraction of sp³-hybridized carbons (Fsp3) is 0.429. The van der Waals surface area contributed by atoms with Gasteiger partial charge in [0.2, 0.25) is 0 Å². The van der Waals surface area contributed by atoms with Crippen molar-refractivity contribution in [2.75, 3.05) is 6.54 Å². The van der Waals surface area contributed by atoms with E-state index < -0.39 is 6.09 Å². The third kappa shape index (κ3) is 3.47. The third-order valence-corrected chi connectivity index (χ3v) is 3.29. The number of oxazole rings is 1. The highest BCUT2D eigenvalue weighted by atomic mass is 16.4. The number of benzene rings is 1. The first-order valence-electron chi connectivity index (χ1n) is 6.46. The Bertz CT molecular complexity index is 508. The number of aromatic nitrogens is 1. The predicted molar refractivity (Wildman–Crippen MR) is 72.1 cm³/mol. The first-order valence-corrected chi connectivity index (χ1v) is 6.46. The highest BCUT2D eigenvalue weighted by Gasteiger charge is 2.21. The van der Waals surface area contributed by atoms with Gasteiger partial charge in [0.15, 0.2) is 12.0 Å². The summed E-state index contributed by atoms with van der Waals surface area (Å²) in [6.07, 6.45) is 3.89. The lowest BCUT2D eigenvalue weighted by atomic mass is 10.0. The molecule has 1 aliphatic heterocycles. The fourth-order valence-electron chi connectivity index (χ4n) is 2.19. The monoisotopic (exact) mass is 262 g/mol. The number of carbonyl (C=O) groups is 1. The van der Waals surface area contributed by atoms with E-state index in [2.05, 4.69) is 4.98 Å². The van der Waals surface area contributed by atoms with Crippen LogP contribution in [0.1, 0.15) is 26.2 Å². The summed E-state index contributed by atoms with van der Waals surface area (Å²) in [6.45, 7) is 2.68. The van der Waals surface area contributed by atoms with Gasteiger partial charge in [-0.15, -0.1) is 0 Å². The van der Waals surface area contributed by atoms with Crippen LogP contribution in [-0.4, -0.2) is 33.7 Å². The van der Waals surface area contributed by atoms with E-state index in [1.807, 2.05) is 31.2 Å². The van der Waals surface area contributed by atoms with Crippen LogP contribution in [0.4, 0.5) is 4.79 Å². The van der Waals surface area contributed by atoms with Crippen LogP contribution in [0.15, 0.2) is 35.1 Å². The standard InChI is InChI=1S/C7H13NO2.C7H5NO/c1-6-4-2-3-5-8(6)7(9)10;1-2-4-7-6(3-1)8-5-9-7/h6H,2-5H2,1H3,(H,9,10);1-5H. The van der Waals surface area contributed by atoms with Gasteiger partial charge in [0.25, 0.3) is 0 Å². The summed E-state index contributed by atoms with van der Waals surface area (Å²) in [7, 11) is 0. The molecular formula is C14H18N2O3. The van der Waals surface area contributed by atoms with Gasteiger partial charge in [-0.2, -0.15) is 0 Å². The molecule has 0 radical (unpaired) electrons. The van der Waals surface area contributed by atoms with Crippen molar-refractivity contribution in [3.8, 4) is 0 Å². The Hall–Kier alpha value is -2.04. The molecule has 5 nitrogen and oxygen atoms in total. The van der Waals surface area contributed by atoms with E-state index in [-0.39, 0.29) is 6.04 Å². The van der Waals surface area contributed by atoms with Crippen molar-refractivity contribution in [1.82, 2.24) is 9.88 Å². The molecule has 1 saturated heterocycles. The van der Waals surface area contributed by atoms with Crippen LogP contribution in [0.25, 0.3) is 11.1 Å². The number of hydrogen-bond acceptors (Lipinski definition) is 3. The zero-order chi connectivity index (χ0) is 13.7. The largest absolute Gasteiger partial charge is 0.465 e. The number of hydrogen-bond donors (Lipinski definition) is 1. The molecule has 19 heavy (non-hydrogen) atoms. The fourth-order valence-corrected chi connectivity index (χ4v) is 2.19. The second-order valence-corrected chi connectivity index (χ2v) is 4.64. The number of amides is 1. The number of likely N-dealkylation sites (tertiary alicyclic amines) is 1. The molecule has 1 aliphatic rings. The average molecular weight is 262 g/mol. The molecular weight excluding hydrogens is 244 g/mol. The van der Waals surface area contributed by atoms with Gasteiger partial charge in [-0.1, -0.05) is 12.1 Å². The number of piperidine rings is 1. The van der Waals surface area contributed by atoms with Crippen molar-refractivity contribution in [3.63, 3.8) is 0 Å². The van der Waals surface area contributed by atoms with Crippen LogP contribution in [0.5, 0.6) is 0 Å². The van der Waals surface area contributed by atoms with Crippen molar-refractivity contribution < 1.29 is 14.3 Å². The van der Waals surface area contributed by atoms with Crippen LogP contribution < -0.4 is 0 Å². The van der Waals surface area contributed by atoms with E-state index in [1.165, 1.54) is 17.7 Å². The Morgan fingerprint density at radius 2 is 2.21 bits per heavy atom. The molecule has 1 aromatic heterocycles. The van der Waals surface area contributed by atoms with Crippen LogP contribution in [0.2, 0.25) is 0 Å². The van der Waals surface area contributed by atoms with Crippen molar-refractivity contribution in [2.24, 2.45) is 0 Å². The van der Waals surface area contributed by atoms with E-state index in [9.17, 15) is 4.79 Å². The SMILES string of the molecule is CC1CCCCN1C(=O)O.c1ccc2ocnc2c1. The summed E-state index contributed by atoms with van der Waals surface area (Å²) in [5.41, 5.74) is 1.76. The molecule has 5 heteroatoms. The number of carboxylic acid groups (broad SMARTS) is 1. The molecule has 1 aromatic carbocycles. The second kappa shape index (κ2) is 6.22. The zero-order valence-corrected chi connectivity index (χ0v) is 11.0. The average Bonchev–Trinajstić information content (AvgIpc) is 2.88. The summed E-state index contributed by atoms with van der Waals surface area (Å²) in [4.78, 5) is 16.0.